The second-order valence-electron chi connectivity index (χ2n) is 5.00. The molecule has 104 valence electrons. The van der Waals surface area contributed by atoms with Crippen LogP contribution >= 0.6 is 0 Å². The van der Waals surface area contributed by atoms with Crippen molar-refractivity contribution in [1.82, 2.24) is 5.43 Å². The van der Waals surface area contributed by atoms with Crippen molar-refractivity contribution in [3.63, 3.8) is 0 Å². The van der Waals surface area contributed by atoms with E-state index in [1.54, 1.807) is 0 Å². The zero-order valence-electron chi connectivity index (χ0n) is 11.0. The summed E-state index contributed by atoms with van der Waals surface area (Å²) in [5.41, 5.74) is 4.18. The lowest BCUT2D eigenvalue weighted by molar-refractivity contribution is 0.516. The Kier molecular flexibility index (Phi) is 5.05. The largest absolute Gasteiger partial charge is 0.271 e. The van der Waals surface area contributed by atoms with Crippen molar-refractivity contribution in [1.29, 1.82) is 0 Å². The van der Waals surface area contributed by atoms with Crippen molar-refractivity contribution in [2.75, 3.05) is 0 Å². The zero-order valence-corrected chi connectivity index (χ0v) is 11.0. The fraction of sp³-hybridized carbons (Fsp3) is 0.467. The molecule has 0 fully saturated rings. The quantitative estimate of drug-likeness (QED) is 0.497. The number of halogens is 2. The monoisotopic (exact) mass is 266 g/mol. The molecule has 2 nitrogen and oxygen atoms in total. The number of hydrogen-bond acceptors (Lipinski definition) is 2. The Morgan fingerprint density at radius 3 is 2.63 bits per heavy atom. The Hall–Kier alpha value is -1.26. The van der Waals surface area contributed by atoms with E-state index in [1.165, 1.54) is 25.0 Å². The van der Waals surface area contributed by atoms with Crippen LogP contribution in [-0.2, 0) is 0 Å². The highest BCUT2D eigenvalue weighted by Crippen LogP contribution is 2.29. The van der Waals surface area contributed by atoms with Crippen LogP contribution in [0.15, 0.2) is 29.8 Å². The molecule has 1 aromatic carbocycles. The van der Waals surface area contributed by atoms with E-state index in [9.17, 15) is 8.78 Å². The van der Waals surface area contributed by atoms with Crippen molar-refractivity contribution < 1.29 is 8.78 Å². The van der Waals surface area contributed by atoms with Gasteiger partial charge in [0.25, 0.3) is 0 Å². The minimum absolute atomic E-state index is 0.362. The first-order valence-electron chi connectivity index (χ1n) is 6.82. The van der Waals surface area contributed by atoms with Gasteiger partial charge in [0.15, 0.2) is 0 Å². The molecule has 0 heterocycles. The Labute approximate surface area is 112 Å². The van der Waals surface area contributed by atoms with Crippen molar-refractivity contribution in [3.05, 3.63) is 47.0 Å². The van der Waals surface area contributed by atoms with Crippen molar-refractivity contribution in [2.45, 2.75) is 44.6 Å². The van der Waals surface area contributed by atoms with Crippen molar-refractivity contribution >= 4 is 0 Å². The third kappa shape index (κ3) is 3.61. The lowest BCUT2D eigenvalue weighted by Gasteiger charge is -2.22. The van der Waals surface area contributed by atoms with Crippen molar-refractivity contribution in [2.24, 2.45) is 5.84 Å². The molecule has 3 N–H and O–H groups in total. The molecule has 19 heavy (non-hydrogen) atoms. The summed E-state index contributed by atoms with van der Waals surface area (Å²) in [5, 5.41) is 0. The van der Waals surface area contributed by atoms with Gasteiger partial charge < -0.3 is 0 Å². The second-order valence-corrected chi connectivity index (χ2v) is 5.00. The molecular formula is C15H20F2N2. The summed E-state index contributed by atoms with van der Waals surface area (Å²) in [6, 6.07) is 3.28. The van der Waals surface area contributed by atoms with Crippen LogP contribution in [0.25, 0.3) is 0 Å². The average molecular weight is 266 g/mol. The molecule has 0 aliphatic heterocycles. The van der Waals surface area contributed by atoms with Gasteiger partial charge in [-0.15, -0.1) is 0 Å². The topological polar surface area (TPSA) is 38.0 Å². The van der Waals surface area contributed by atoms with Crippen LogP contribution in [0.2, 0.25) is 0 Å². The fourth-order valence-electron chi connectivity index (χ4n) is 2.61. The third-order valence-electron chi connectivity index (χ3n) is 3.64. The Morgan fingerprint density at radius 1 is 1.11 bits per heavy atom. The molecule has 0 bridgehead atoms. The third-order valence-corrected chi connectivity index (χ3v) is 3.64. The van der Waals surface area contributed by atoms with Gasteiger partial charge in [0, 0.05) is 11.6 Å². The number of benzene rings is 1. The first-order valence-corrected chi connectivity index (χ1v) is 6.82. The van der Waals surface area contributed by atoms with Gasteiger partial charge in [0.2, 0.25) is 0 Å². The van der Waals surface area contributed by atoms with Gasteiger partial charge >= 0.3 is 0 Å². The van der Waals surface area contributed by atoms with E-state index in [0.29, 0.717) is 5.56 Å². The van der Waals surface area contributed by atoms with Crippen LogP contribution in [0.4, 0.5) is 8.78 Å². The molecule has 0 amide bonds. The zero-order chi connectivity index (χ0) is 13.7. The van der Waals surface area contributed by atoms with Gasteiger partial charge in [-0.3, -0.25) is 5.84 Å². The first kappa shape index (κ1) is 14.2. The van der Waals surface area contributed by atoms with E-state index in [-0.39, 0.29) is 6.04 Å². The van der Waals surface area contributed by atoms with Crippen LogP contribution in [-0.4, -0.2) is 0 Å². The SMILES string of the molecule is NNC(/C1=C/CCCCCC1)c1ccc(F)cc1F. The van der Waals surface area contributed by atoms with Crippen LogP contribution in [0.1, 0.15) is 50.1 Å². The number of rotatable bonds is 3. The van der Waals surface area contributed by atoms with Gasteiger partial charge in [0.1, 0.15) is 11.6 Å². The summed E-state index contributed by atoms with van der Waals surface area (Å²) in [6.07, 6.45) is 8.74. The molecule has 4 heteroatoms. The van der Waals surface area contributed by atoms with E-state index in [1.807, 2.05) is 0 Å². The molecule has 1 aliphatic carbocycles. The molecule has 0 saturated carbocycles. The highest BCUT2D eigenvalue weighted by Gasteiger charge is 2.19. The number of hydrazine groups is 1. The molecule has 1 unspecified atom stereocenters. The maximum atomic E-state index is 13.9. The summed E-state index contributed by atoms with van der Waals surface area (Å²) < 4.78 is 26.8. The molecule has 1 atom stereocenters. The molecule has 0 radical (unpaired) electrons. The predicted molar refractivity (Wildman–Crippen MR) is 72.2 cm³/mol. The maximum absolute atomic E-state index is 13.9. The van der Waals surface area contributed by atoms with Crippen LogP contribution < -0.4 is 11.3 Å². The molecule has 2 rings (SSSR count). The summed E-state index contributed by atoms with van der Waals surface area (Å²) >= 11 is 0. The first-order chi connectivity index (χ1) is 9.22. The molecule has 1 aliphatic rings. The van der Waals surface area contributed by atoms with Gasteiger partial charge in [-0.1, -0.05) is 30.6 Å². The highest BCUT2D eigenvalue weighted by molar-refractivity contribution is 5.30. The van der Waals surface area contributed by atoms with Gasteiger partial charge in [-0.2, -0.15) is 0 Å². The Morgan fingerprint density at radius 2 is 1.89 bits per heavy atom. The maximum Gasteiger partial charge on any atom is 0.131 e. The normalized spacial score (nSPS) is 21.1. The minimum Gasteiger partial charge on any atom is -0.271 e. The smallest absolute Gasteiger partial charge is 0.131 e. The van der Waals surface area contributed by atoms with Gasteiger partial charge in [0.05, 0.1) is 6.04 Å². The number of hydrogen-bond donors (Lipinski definition) is 2. The lowest BCUT2D eigenvalue weighted by atomic mass is 9.91. The second kappa shape index (κ2) is 6.78. The minimum atomic E-state index is -0.566. The van der Waals surface area contributed by atoms with Crippen LogP contribution in [0.5, 0.6) is 0 Å². The predicted octanol–water partition coefficient (Wildman–Crippen LogP) is 3.75. The summed E-state index contributed by atoms with van der Waals surface area (Å²) in [7, 11) is 0. The number of allylic oxidation sites excluding steroid dienone is 1. The summed E-state index contributed by atoms with van der Waals surface area (Å²) in [6.45, 7) is 0. The number of nitrogens with two attached hydrogens (primary N) is 1. The van der Waals surface area contributed by atoms with Crippen molar-refractivity contribution in [3.8, 4) is 0 Å². The standard InChI is InChI=1S/C15H20F2N2/c16-12-8-9-13(14(17)10-12)15(19-18)11-6-4-2-1-3-5-7-11/h6,8-10,15,19H,1-5,7,18H2/b11-6+. The molecule has 0 aromatic heterocycles. The molecular weight excluding hydrogens is 246 g/mol. The number of nitrogens with one attached hydrogen (secondary N) is 1. The van der Waals surface area contributed by atoms with Gasteiger partial charge in [-0.05, 0) is 31.7 Å². The lowest BCUT2D eigenvalue weighted by Crippen LogP contribution is -2.30. The van der Waals surface area contributed by atoms with Crippen LogP contribution in [0, 0.1) is 11.6 Å². The fourth-order valence-corrected chi connectivity index (χ4v) is 2.61. The Bertz CT molecular complexity index is 457. The van der Waals surface area contributed by atoms with E-state index in [0.717, 1.165) is 37.3 Å². The van der Waals surface area contributed by atoms with E-state index in [2.05, 4.69) is 11.5 Å². The van der Waals surface area contributed by atoms with E-state index < -0.39 is 11.6 Å². The molecule has 0 saturated heterocycles. The average Bonchev–Trinajstić information content (AvgIpc) is 2.34. The highest BCUT2D eigenvalue weighted by atomic mass is 19.1. The van der Waals surface area contributed by atoms with E-state index >= 15 is 0 Å². The van der Waals surface area contributed by atoms with Crippen LogP contribution in [0.3, 0.4) is 0 Å². The summed E-state index contributed by atoms with van der Waals surface area (Å²) in [4.78, 5) is 0. The van der Waals surface area contributed by atoms with E-state index in [4.69, 9.17) is 5.84 Å². The Balaban J connectivity index is 2.27. The summed E-state index contributed by atoms with van der Waals surface area (Å²) in [5.74, 6) is 4.47. The van der Waals surface area contributed by atoms with Gasteiger partial charge in [-0.25, -0.2) is 14.2 Å². The molecule has 1 aromatic rings. The molecule has 0 spiro atoms.